The normalized spacial score (nSPS) is 11.2. The number of carboxylic acid groups (broad SMARTS) is 1. The van der Waals surface area contributed by atoms with Gasteiger partial charge in [-0.1, -0.05) is 18.2 Å². The van der Waals surface area contributed by atoms with Crippen LogP contribution in [-0.2, 0) is 24.3 Å². The molecule has 0 saturated carbocycles. The van der Waals surface area contributed by atoms with Crippen LogP contribution in [0, 0.1) is 24.4 Å². The van der Waals surface area contributed by atoms with Gasteiger partial charge in [0.1, 0.15) is 12.4 Å². The number of fused-ring (bicyclic) bond motifs is 1. The number of carboxylic acids is 1. The number of aliphatic carboxylic acids is 1. The lowest BCUT2D eigenvalue weighted by atomic mass is 10.0. The summed E-state index contributed by atoms with van der Waals surface area (Å²) in [5, 5.41) is 9.84. The number of hydrogen-bond acceptors (Lipinski definition) is 2. The zero-order valence-corrected chi connectivity index (χ0v) is 17.1. The van der Waals surface area contributed by atoms with Gasteiger partial charge in [-0.2, -0.15) is 0 Å². The number of aromatic nitrogens is 2. The summed E-state index contributed by atoms with van der Waals surface area (Å²) in [4.78, 5) is 23.6. The maximum atomic E-state index is 14.1. The average Bonchev–Trinajstić information content (AvgIpc) is 2.98. The first-order valence-corrected chi connectivity index (χ1v) is 9.86. The second kappa shape index (κ2) is 8.37. The monoisotopic (exact) mass is 440 g/mol. The summed E-state index contributed by atoms with van der Waals surface area (Å²) >= 11 is 0. The predicted octanol–water partition coefficient (Wildman–Crippen LogP) is 4.25. The highest BCUT2D eigenvalue weighted by Crippen LogP contribution is 2.29. The molecule has 0 unspecified atom stereocenters. The lowest BCUT2D eigenvalue weighted by Gasteiger charge is -2.10. The number of hydrogen-bond donors (Lipinski definition) is 1. The summed E-state index contributed by atoms with van der Waals surface area (Å²) in [6.07, 6.45) is 1.84. The van der Waals surface area contributed by atoms with Crippen LogP contribution in [0.4, 0.5) is 13.2 Å². The minimum atomic E-state index is -1.02. The molecule has 0 atom stereocenters. The molecule has 0 saturated heterocycles. The molecule has 5 nitrogen and oxygen atoms in total. The average molecular weight is 440 g/mol. The second-order valence-corrected chi connectivity index (χ2v) is 7.60. The maximum Gasteiger partial charge on any atom is 0.323 e. The number of rotatable bonds is 6. The van der Waals surface area contributed by atoms with Crippen molar-refractivity contribution in [3.05, 3.63) is 105 Å². The SMILES string of the molecule is Cc1c(Cc2ccc(=O)n(Cc3cccc(F)c3F)c2)c2cc(F)ccc2n1CC(=O)O. The van der Waals surface area contributed by atoms with Gasteiger partial charge in [0.15, 0.2) is 11.6 Å². The first kappa shape index (κ1) is 21.4. The van der Waals surface area contributed by atoms with Crippen LogP contribution in [0.5, 0.6) is 0 Å². The van der Waals surface area contributed by atoms with Crippen molar-refractivity contribution < 1.29 is 23.1 Å². The van der Waals surface area contributed by atoms with Crippen LogP contribution in [0.25, 0.3) is 10.9 Å². The molecule has 4 aromatic rings. The molecule has 0 spiro atoms. The third-order valence-corrected chi connectivity index (χ3v) is 5.51. The highest BCUT2D eigenvalue weighted by atomic mass is 19.2. The van der Waals surface area contributed by atoms with Gasteiger partial charge in [0, 0.05) is 40.8 Å². The van der Waals surface area contributed by atoms with E-state index in [9.17, 15) is 27.9 Å². The van der Waals surface area contributed by atoms with Crippen LogP contribution >= 0.6 is 0 Å². The number of nitrogens with zero attached hydrogens (tertiary/aromatic N) is 2. The van der Waals surface area contributed by atoms with E-state index >= 15 is 0 Å². The van der Waals surface area contributed by atoms with Gasteiger partial charge >= 0.3 is 5.97 Å². The van der Waals surface area contributed by atoms with E-state index in [0.29, 0.717) is 28.6 Å². The summed E-state index contributed by atoms with van der Waals surface area (Å²) in [7, 11) is 0. The molecule has 32 heavy (non-hydrogen) atoms. The molecule has 0 bridgehead atoms. The van der Waals surface area contributed by atoms with E-state index in [1.54, 1.807) is 23.8 Å². The van der Waals surface area contributed by atoms with E-state index in [1.165, 1.54) is 41.0 Å². The number of carbonyl (C=O) groups is 1. The van der Waals surface area contributed by atoms with Gasteiger partial charge < -0.3 is 14.2 Å². The molecular formula is C24H19F3N2O3. The van der Waals surface area contributed by atoms with Gasteiger partial charge in [-0.3, -0.25) is 9.59 Å². The fourth-order valence-electron chi connectivity index (χ4n) is 3.95. The van der Waals surface area contributed by atoms with Gasteiger partial charge in [-0.15, -0.1) is 0 Å². The van der Waals surface area contributed by atoms with E-state index in [0.717, 1.165) is 11.6 Å². The topological polar surface area (TPSA) is 64.2 Å². The van der Waals surface area contributed by atoms with Gasteiger partial charge in [0.05, 0.1) is 6.54 Å². The van der Waals surface area contributed by atoms with Crippen LogP contribution in [0.15, 0.2) is 59.5 Å². The van der Waals surface area contributed by atoms with Crippen LogP contribution < -0.4 is 5.56 Å². The molecule has 2 aromatic carbocycles. The molecule has 2 heterocycles. The summed E-state index contributed by atoms with van der Waals surface area (Å²) in [5.74, 6) is -3.47. The van der Waals surface area contributed by atoms with Crippen molar-refractivity contribution in [2.24, 2.45) is 0 Å². The Hall–Kier alpha value is -3.81. The Kier molecular flexibility index (Phi) is 5.61. The van der Waals surface area contributed by atoms with Crippen molar-refractivity contribution >= 4 is 16.9 Å². The smallest absolute Gasteiger partial charge is 0.323 e. The van der Waals surface area contributed by atoms with Gasteiger partial charge in [-0.25, -0.2) is 13.2 Å². The number of halogens is 3. The van der Waals surface area contributed by atoms with Gasteiger partial charge in [0.2, 0.25) is 0 Å². The lowest BCUT2D eigenvalue weighted by molar-refractivity contribution is -0.137. The third kappa shape index (κ3) is 4.03. The number of benzene rings is 2. The molecule has 0 amide bonds. The van der Waals surface area contributed by atoms with Crippen LogP contribution in [0.2, 0.25) is 0 Å². The second-order valence-electron chi connectivity index (χ2n) is 7.60. The molecule has 8 heteroatoms. The zero-order valence-electron chi connectivity index (χ0n) is 17.1. The fraction of sp³-hybridized carbons (Fsp3) is 0.167. The first-order valence-electron chi connectivity index (χ1n) is 9.86. The van der Waals surface area contributed by atoms with Crippen LogP contribution in [0.1, 0.15) is 22.4 Å². The maximum absolute atomic E-state index is 14.1. The Morgan fingerprint density at radius 2 is 1.84 bits per heavy atom. The largest absolute Gasteiger partial charge is 0.480 e. The molecular weight excluding hydrogens is 421 g/mol. The molecule has 1 N–H and O–H groups in total. The van der Waals surface area contributed by atoms with Gasteiger partial charge in [0.25, 0.3) is 5.56 Å². The molecule has 0 aliphatic heterocycles. The Balaban J connectivity index is 1.75. The Morgan fingerprint density at radius 1 is 1.06 bits per heavy atom. The molecule has 2 aromatic heterocycles. The Labute approximate surface area is 181 Å². The highest BCUT2D eigenvalue weighted by molar-refractivity contribution is 5.87. The van der Waals surface area contributed by atoms with Crippen molar-refractivity contribution in [3.63, 3.8) is 0 Å². The third-order valence-electron chi connectivity index (χ3n) is 5.51. The van der Waals surface area contributed by atoms with Crippen molar-refractivity contribution in [1.82, 2.24) is 9.13 Å². The molecule has 4 rings (SSSR count). The molecule has 0 aliphatic carbocycles. The zero-order chi connectivity index (χ0) is 23.0. The molecule has 0 fully saturated rings. The first-order chi connectivity index (χ1) is 15.2. The van der Waals surface area contributed by atoms with E-state index in [4.69, 9.17) is 0 Å². The summed E-state index contributed by atoms with van der Waals surface area (Å²) in [6, 6.07) is 10.9. The Bertz CT molecular complexity index is 1410. The Morgan fingerprint density at radius 3 is 2.59 bits per heavy atom. The van der Waals surface area contributed by atoms with E-state index in [2.05, 4.69) is 0 Å². The standard InChI is InChI=1S/C24H19F3N2O3/c1-14-18(19-10-17(25)6-7-21(19)29(14)13-23(31)32)9-15-5-8-22(30)28(11-15)12-16-3-2-4-20(26)24(16)27/h2-8,10-11H,9,12-13H2,1H3,(H,31,32). The molecule has 0 aliphatic rings. The van der Waals surface area contributed by atoms with Gasteiger partial charge in [-0.05, 0) is 42.3 Å². The van der Waals surface area contributed by atoms with E-state index in [-0.39, 0.29) is 24.2 Å². The van der Waals surface area contributed by atoms with Crippen LogP contribution in [-0.4, -0.2) is 20.2 Å². The molecule has 164 valence electrons. The highest BCUT2D eigenvalue weighted by Gasteiger charge is 2.17. The predicted molar refractivity (Wildman–Crippen MR) is 113 cm³/mol. The van der Waals surface area contributed by atoms with Crippen molar-refractivity contribution in [1.29, 1.82) is 0 Å². The van der Waals surface area contributed by atoms with Crippen molar-refractivity contribution in [3.8, 4) is 0 Å². The van der Waals surface area contributed by atoms with E-state index in [1.807, 2.05) is 0 Å². The van der Waals surface area contributed by atoms with Crippen molar-refractivity contribution in [2.75, 3.05) is 0 Å². The lowest BCUT2D eigenvalue weighted by Crippen LogP contribution is -2.20. The summed E-state index contributed by atoms with van der Waals surface area (Å²) in [5.41, 5.74) is 2.33. The van der Waals surface area contributed by atoms with E-state index < -0.39 is 23.4 Å². The number of pyridine rings is 1. The minimum Gasteiger partial charge on any atom is -0.480 e. The van der Waals surface area contributed by atoms with Crippen LogP contribution in [0.3, 0.4) is 0 Å². The molecule has 0 radical (unpaired) electrons. The minimum absolute atomic E-state index is 0.0422. The summed E-state index contributed by atoms with van der Waals surface area (Å²) < 4.78 is 44.4. The summed E-state index contributed by atoms with van der Waals surface area (Å²) in [6.45, 7) is 1.34. The van der Waals surface area contributed by atoms with Crippen molar-refractivity contribution in [2.45, 2.75) is 26.4 Å². The fourth-order valence-corrected chi connectivity index (χ4v) is 3.95. The quantitative estimate of drug-likeness (QED) is 0.488.